The monoisotopic (exact) mass is 854 g/mol. The number of hydrogen-bond acceptors (Lipinski definition) is 1. The molecule has 0 spiro atoms. The average Bonchev–Trinajstić information content (AvgIpc) is 3.99. The van der Waals surface area contributed by atoms with Gasteiger partial charge in [-0.15, -0.1) is 17.1 Å². The van der Waals surface area contributed by atoms with Crippen molar-refractivity contribution in [2.24, 2.45) is 11.3 Å². The fourth-order valence-electron chi connectivity index (χ4n) is 7.40. The summed E-state index contributed by atoms with van der Waals surface area (Å²) in [4.78, 5) is 0. The predicted octanol–water partition coefficient (Wildman–Crippen LogP) is 13.6. The molecule has 52 heavy (non-hydrogen) atoms. The van der Waals surface area contributed by atoms with Crippen LogP contribution in [0, 0.1) is 5.41 Å². The third kappa shape index (κ3) is 7.96. The summed E-state index contributed by atoms with van der Waals surface area (Å²) in [6, 6.07) is 26.7. The minimum absolute atomic E-state index is 0. The van der Waals surface area contributed by atoms with E-state index in [-0.39, 0.29) is 26.5 Å². The number of fused-ring (bicyclic) bond motifs is 5. The van der Waals surface area contributed by atoms with E-state index in [1.54, 1.807) is 17.3 Å². The van der Waals surface area contributed by atoms with Gasteiger partial charge in [-0.25, -0.2) is 0 Å². The summed E-state index contributed by atoms with van der Waals surface area (Å²) in [5.41, 5.74) is 22.3. The van der Waals surface area contributed by atoms with E-state index in [1.807, 2.05) is 119 Å². The Labute approximate surface area is 325 Å². The Morgan fingerprint density at radius 1 is 0.885 bits per heavy atom. The number of rotatable bonds is 7. The van der Waals surface area contributed by atoms with Gasteiger partial charge >= 0.3 is 21.1 Å². The van der Waals surface area contributed by atoms with E-state index in [2.05, 4.69) is 77.9 Å². The van der Waals surface area contributed by atoms with Crippen LogP contribution in [0.3, 0.4) is 0 Å². The van der Waals surface area contributed by atoms with Crippen LogP contribution in [-0.2, 0) is 27.5 Å². The minimum atomic E-state index is -0.0318. The second-order valence-electron chi connectivity index (χ2n) is 12.5. The molecule has 2 N–H and O–H groups in total. The maximum atomic E-state index is 5.35. The largest absolute Gasteiger partial charge is 2.00 e. The SMILES string of the molecule is C=C/C(=C\C=C\[N-]N)n1c2c(c3cc(C4=C=CC=C4)ccc31)CCC1=C2C(C)(C)C2=C1CC=C2.CC.CC.[W+2].c1ccc([N-]c2ccccc2)cc1. The van der Waals surface area contributed by atoms with Crippen molar-refractivity contribution in [3.63, 3.8) is 0 Å². The summed E-state index contributed by atoms with van der Waals surface area (Å²) in [5.74, 6) is 5.35. The number of allylic oxidation sites excluding steroid dienone is 13. The molecular formula is C47H50N4W. The molecule has 0 bridgehead atoms. The fraction of sp³-hybridized carbons (Fsp3) is 0.213. The zero-order valence-corrected chi connectivity index (χ0v) is 34.3. The van der Waals surface area contributed by atoms with E-state index in [1.165, 1.54) is 38.9 Å². The number of hydrogen-bond donors (Lipinski definition) is 1. The number of benzene rings is 3. The van der Waals surface area contributed by atoms with Crippen molar-refractivity contribution in [1.82, 2.24) is 4.57 Å². The topological polar surface area (TPSA) is 59.2 Å². The van der Waals surface area contributed by atoms with Crippen LogP contribution < -0.4 is 5.84 Å². The molecule has 4 aliphatic carbocycles. The van der Waals surface area contributed by atoms with Crippen molar-refractivity contribution < 1.29 is 21.1 Å². The maximum absolute atomic E-state index is 5.35. The van der Waals surface area contributed by atoms with Gasteiger partial charge in [-0.2, -0.15) is 6.20 Å². The molecule has 0 saturated carbocycles. The maximum Gasteiger partial charge on any atom is 2.00 e. The first-order chi connectivity index (χ1) is 25.0. The zero-order chi connectivity index (χ0) is 36.4. The van der Waals surface area contributed by atoms with Crippen molar-refractivity contribution in [2.75, 3.05) is 0 Å². The smallest absolute Gasteiger partial charge is 0.658 e. The Morgan fingerprint density at radius 2 is 1.56 bits per heavy atom. The van der Waals surface area contributed by atoms with E-state index in [9.17, 15) is 0 Å². The molecule has 1 heterocycles. The quantitative estimate of drug-likeness (QED) is 0.0856. The summed E-state index contributed by atoms with van der Waals surface area (Å²) in [6.45, 7) is 16.9. The van der Waals surface area contributed by atoms with E-state index < -0.39 is 0 Å². The second-order valence-corrected chi connectivity index (χ2v) is 12.5. The molecule has 0 saturated heterocycles. The summed E-state index contributed by atoms with van der Waals surface area (Å²) < 4.78 is 2.40. The second kappa shape index (κ2) is 18.6. The first-order valence-electron chi connectivity index (χ1n) is 18.2. The van der Waals surface area contributed by atoms with Crippen LogP contribution in [0.25, 0.3) is 38.5 Å². The normalized spacial score (nSPS) is 15.7. The molecule has 1 aromatic heterocycles. The molecule has 0 radical (unpaired) electrons. The summed E-state index contributed by atoms with van der Waals surface area (Å²) >= 11 is 0. The molecule has 4 aliphatic rings. The van der Waals surface area contributed by atoms with Crippen molar-refractivity contribution in [3.8, 4) is 0 Å². The van der Waals surface area contributed by atoms with Crippen LogP contribution in [0.1, 0.15) is 71.2 Å². The van der Waals surface area contributed by atoms with Gasteiger partial charge in [0.15, 0.2) is 0 Å². The first-order valence-corrected chi connectivity index (χ1v) is 18.2. The third-order valence-electron chi connectivity index (χ3n) is 9.42. The summed E-state index contributed by atoms with van der Waals surface area (Å²) in [5, 5.41) is 5.75. The first kappa shape index (κ1) is 39.9. The average molecular weight is 855 g/mol. The predicted molar refractivity (Wildman–Crippen MR) is 222 cm³/mol. The Kier molecular flexibility index (Phi) is 14.3. The van der Waals surface area contributed by atoms with Crippen molar-refractivity contribution >= 4 is 39.1 Å². The fourth-order valence-corrected chi connectivity index (χ4v) is 7.40. The molecule has 264 valence electrons. The zero-order valence-electron chi connectivity index (χ0n) is 31.4. The van der Waals surface area contributed by atoms with Crippen LogP contribution >= 0.6 is 0 Å². The number of nitrogens with zero attached hydrogens (tertiary/aromatic N) is 3. The van der Waals surface area contributed by atoms with E-state index >= 15 is 0 Å². The van der Waals surface area contributed by atoms with Gasteiger partial charge < -0.3 is 21.2 Å². The molecule has 0 amide bonds. The molecule has 0 fully saturated rings. The van der Waals surface area contributed by atoms with Crippen LogP contribution in [0.5, 0.6) is 0 Å². The van der Waals surface area contributed by atoms with E-state index in [0.717, 1.165) is 41.9 Å². The number of aromatic nitrogens is 1. The molecule has 0 aliphatic heterocycles. The van der Waals surface area contributed by atoms with Crippen molar-refractivity contribution in [3.05, 3.63) is 190 Å². The van der Waals surface area contributed by atoms with Crippen LogP contribution in [0.15, 0.2) is 163 Å². The molecule has 0 unspecified atom stereocenters. The van der Waals surface area contributed by atoms with Crippen molar-refractivity contribution in [1.29, 1.82) is 0 Å². The van der Waals surface area contributed by atoms with Crippen LogP contribution in [0.4, 0.5) is 11.4 Å². The van der Waals surface area contributed by atoms with Gasteiger partial charge in [-0.05, 0) is 89.1 Å². The van der Waals surface area contributed by atoms with Gasteiger partial charge in [0.25, 0.3) is 0 Å². The number of para-hydroxylation sites is 2. The van der Waals surface area contributed by atoms with Gasteiger partial charge in [0, 0.05) is 22.1 Å². The van der Waals surface area contributed by atoms with Gasteiger partial charge in [0.1, 0.15) is 0 Å². The van der Waals surface area contributed by atoms with Crippen molar-refractivity contribution in [2.45, 2.75) is 60.8 Å². The molecule has 0 atom stereocenters. The van der Waals surface area contributed by atoms with Crippen LogP contribution in [0.2, 0.25) is 0 Å². The van der Waals surface area contributed by atoms with Crippen LogP contribution in [-0.4, -0.2) is 4.57 Å². The Morgan fingerprint density at radius 3 is 2.15 bits per heavy atom. The Bertz CT molecular complexity index is 2090. The van der Waals surface area contributed by atoms with E-state index in [4.69, 9.17) is 5.84 Å². The molecule has 4 nitrogen and oxygen atoms in total. The van der Waals surface area contributed by atoms with Gasteiger partial charge in [-0.3, -0.25) is 0 Å². The molecule has 5 heteroatoms. The summed E-state index contributed by atoms with van der Waals surface area (Å²) in [7, 11) is 0. The minimum Gasteiger partial charge on any atom is -0.658 e. The van der Waals surface area contributed by atoms with E-state index in [0.29, 0.717) is 0 Å². The molecule has 8 rings (SSSR count). The molecule has 3 aromatic carbocycles. The number of aryl methyl sites for hydroxylation is 1. The molecular weight excluding hydrogens is 804 g/mol. The number of nitrogens with two attached hydrogens (primary N) is 1. The molecule has 4 aromatic rings. The van der Waals surface area contributed by atoms with Gasteiger partial charge in [-0.1, -0.05) is 139 Å². The summed E-state index contributed by atoms with van der Waals surface area (Å²) in [6.07, 6.45) is 21.5. The Balaban J connectivity index is 0.000000282. The Hall–Kier alpha value is -4.85. The standard InChI is InChI=1S/C31H28N3.C12H10N.2C2H6.W/c1-4-22(11-8-18-33-32)34-28-17-14-21(20-9-5-6-10-20)19-26(28)25-16-15-24-23-12-7-13-27(23)31(2,3)29(24)30(25)34;1-3-7-11(8-4-1)13-12-9-5-2-6-10-12;2*1-2;/h4-9,11,13-14,17-19H,1,12,15-16,32H2,2-3H3;1-10H;2*1-2H3;/q2*-1;;;+2/b18-8+,22-11+;;;;. The van der Waals surface area contributed by atoms with Gasteiger partial charge in [0.05, 0.1) is 11.2 Å². The van der Waals surface area contributed by atoms with Gasteiger partial charge in [0.2, 0.25) is 0 Å². The third-order valence-corrected chi connectivity index (χ3v) is 9.42.